The van der Waals surface area contributed by atoms with Crippen LogP contribution in [0.1, 0.15) is 17.2 Å². The lowest BCUT2D eigenvalue weighted by atomic mass is 10.1. The van der Waals surface area contributed by atoms with Crippen LogP contribution in [0.5, 0.6) is 0 Å². The Labute approximate surface area is 135 Å². The maximum absolute atomic E-state index is 12.1. The number of carbonyl (C=O) groups excluding carboxylic acids is 1. The molecule has 0 spiro atoms. The normalized spacial score (nSPS) is 12.2. The lowest BCUT2D eigenvalue weighted by Crippen LogP contribution is -2.41. The van der Waals surface area contributed by atoms with Crippen molar-refractivity contribution in [1.82, 2.24) is 15.5 Å². The van der Waals surface area contributed by atoms with Gasteiger partial charge in [-0.15, -0.1) is 0 Å². The molecule has 1 aromatic heterocycles. The van der Waals surface area contributed by atoms with Crippen LogP contribution in [-0.2, 0) is 6.54 Å². The number of urea groups is 1. The molecule has 0 radical (unpaired) electrons. The maximum Gasteiger partial charge on any atom is 0.315 e. The lowest BCUT2D eigenvalue weighted by Gasteiger charge is -2.23. The van der Waals surface area contributed by atoms with Gasteiger partial charge >= 0.3 is 6.03 Å². The third-order valence-corrected chi connectivity index (χ3v) is 3.41. The molecule has 0 unspecified atom stereocenters. The van der Waals surface area contributed by atoms with Crippen LogP contribution >= 0.6 is 11.6 Å². The van der Waals surface area contributed by atoms with E-state index in [1.165, 1.54) is 0 Å². The van der Waals surface area contributed by atoms with Gasteiger partial charge in [0.2, 0.25) is 0 Å². The molecule has 2 amide bonds. The number of hydrogen-bond acceptors (Lipinski definition) is 3. The largest absolute Gasteiger partial charge is 0.472 e. The molecule has 1 aromatic carbocycles. The number of benzene rings is 1. The summed E-state index contributed by atoms with van der Waals surface area (Å²) in [4.78, 5) is 14.1. The van der Waals surface area contributed by atoms with Gasteiger partial charge in [-0.05, 0) is 37.9 Å². The molecule has 22 heavy (non-hydrogen) atoms. The van der Waals surface area contributed by atoms with E-state index < -0.39 is 0 Å². The minimum Gasteiger partial charge on any atom is -0.472 e. The quantitative estimate of drug-likeness (QED) is 0.860. The van der Waals surface area contributed by atoms with Crippen LogP contribution in [0.3, 0.4) is 0 Å². The minimum atomic E-state index is -0.219. The SMILES string of the molecule is CN(C)C[C@@H](NC(=O)NCc1ccoc1)c1ccc(Cl)cc1. The molecular weight excluding hydrogens is 302 g/mol. The van der Waals surface area contributed by atoms with Crippen molar-refractivity contribution in [3.63, 3.8) is 0 Å². The molecule has 2 rings (SSSR count). The van der Waals surface area contributed by atoms with E-state index >= 15 is 0 Å². The fraction of sp³-hybridized carbons (Fsp3) is 0.312. The molecule has 0 saturated heterocycles. The fourth-order valence-electron chi connectivity index (χ4n) is 2.08. The average Bonchev–Trinajstić information content (AvgIpc) is 2.98. The number of halogens is 1. The van der Waals surface area contributed by atoms with Crippen molar-refractivity contribution in [1.29, 1.82) is 0 Å². The standard InChI is InChI=1S/C16H20ClN3O2/c1-20(2)10-15(13-3-5-14(17)6-4-13)19-16(21)18-9-12-7-8-22-11-12/h3-8,11,15H,9-10H2,1-2H3,(H2,18,19,21)/t15-/m1/s1. The number of furan rings is 1. The number of nitrogens with zero attached hydrogens (tertiary/aromatic N) is 1. The lowest BCUT2D eigenvalue weighted by molar-refractivity contribution is 0.232. The highest BCUT2D eigenvalue weighted by molar-refractivity contribution is 6.30. The van der Waals surface area contributed by atoms with Gasteiger partial charge < -0.3 is 20.0 Å². The number of hydrogen-bond donors (Lipinski definition) is 2. The van der Waals surface area contributed by atoms with Crippen molar-refractivity contribution >= 4 is 17.6 Å². The first-order valence-electron chi connectivity index (χ1n) is 7.00. The van der Waals surface area contributed by atoms with E-state index in [0.29, 0.717) is 18.1 Å². The summed E-state index contributed by atoms with van der Waals surface area (Å²) in [6.45, 7) is 1.12. The van der Waals surface area contributed by atoms with Crippen LogP contribution in [0, 0.1) is 0 Å². The van der Waals surface area contributed by atoms with Crippen molar-refractivity contribution in [2.24, 2.45) is 0 Å². The first-order valence-corrected chi connectivity index (χ1v) is 7.38. The van der Waals surface area contributed by atoms with Crippen molar-refractivity contribution < 1.29 is 9.21 Å². The zero-order chi connectivity index (χ0) is 15.9. The van der Waals surface area contributed by atoms with Gasteiger partial charge in [-0.3, -0.25) is 0 Å². The molecule has 2 N–H and O–H groups in total. The van der Waals surface area contributed by atoms with E-state index in [0.717, 1.165) is 11.1 Å². The molecule has 0 saturated carbocycles. The highest BCUT2D eigenvalue weighted by Crippen LogP contribution is 2.17. The number of amides is 2. The molecule has 0 bridgehead atoms. The minimum absolute atomic E-state index is 0.114. The van der Waals surface area contributed by atoms with Crippen LogP contribution in [0.2, 0.25) is 5.02 Å². The molecule has 0 aliphatic rings. The topological polar surface area (TPSA) is 57.5 Å². The molecule has 2 aromatic rings. The molecule has 118 valence electrons. The van der Waals surface area contributed by atoms with Crippen LogP contribution in [0.15, 0.2) is 47.3 Å². The molecule has 0 aliphatic carbocycles. The molecule has 5 nitrogen and oxygen atoms in total. The summed E-state index contributed by atoms with van der Waals surface area (Å²) in [5.41, 5.74) is 1.93. The molecule has 1 heterocycles. The van der Waals surface area contributed by atoms with E-state index in [2.05, 4.69) is 10.6 Å². The highest BCUT2D eigenvalue weighted by Gasteiger charge is 2.15. The van der Waals surface area contributed by atoms with Gasteiger partial charge in [-0.1, -0.05) is 23.7 Å². The zero-order valence-electron chi connectivity index (χ0n) is 12.7. The van der Waals surface area contributed by atoms with Gasteiger partial charge in [0.25, 0.3) is 0 Å². The third-order valence-electron chi connectivity index (χ3n) is 3.16. The first kappa shape index (κ1) is 16.4. The monoisotopic (exact) mass is 321 g/mol. The van der Waals surface area contributed by atoms with Crippen LogP contribution < -0.4 is 10.6 Å². The van der Waals surface area contributed by atoms with E-state index in [1.54, 1.807) is 12.5 Å². The fourth-order valence-corrected chi connectivity index (χ4v) is 2.21. The summed E-state index contributed by atoms with van der Waals surface area (Å²) in [5.74, 6) is 0. The van der Waals surface area contributed by atoms with Gasteiger partial charge in [-0.2, -0.15) is 0 Å². The average molecular weight is 322 g/mol. The second kappa shape index (κ2) is 7.87. The van der Waals surface area contributed by atoms with Crippen molar-refractivity contribution in [2.45, 2.75) is 12.6 Å². The predicted octanol–water partition coefficient (Wildman–Crippen LogP) is 3.04. The Hall–Kier alpha value is -1.98. The van der Waals surface area contributed by atoms with Gasteiger partial charge in [0.1, 0.15) is 0 Å². The van der Waals surface area contributed by atoms with E-state index in [4.69, 9.17) is 16.0 Å². The number of rotatable bonds is 6. The summed E-state index contributed by atoms with van der Waals surface area (Å²) >= 11 is 5.92. The maximum atomic E-state index is 12.1. The summed E-state index contributed by atoms with van der Waals surface area (Å²) in [6, 6.07) is 8.98. The van der Waals surface area contributed by atoms with Gasteiger partial charge in [-0.25, -0.2) is 4.79 Å². The van der Waals surface area contributed by atoms with Crippen molar-refractivity contribution in [3.8, 4) is 0 Å². The van der Waals surface area contributed by atoms with Crippen molar-refractivity contribution in [2.75, 3.05) is 20.6 Å². The van der Waals surface area contributed by atoms with Gasteiger partial charge in [0.15, 0.2) is 0 Å². The van der Waals surface area contributed by atoms with Crippen LogP contribution in [0.4, 0.5) is 4.79 Å². The summed E-state index contributed by atoms with van der Waals surface area (Å²) in [7, 11) is 3.93. The van der Waals surface area contributed by atoms with Crippen molar-refractivity contribution in [3.05, 3.63) is 59.0 Å². The Morgan fingerprint density at radius 2 is 2.00 bits per heavy atom. The highest BCUT2D eigenvalue weighted by atomic mass is 35.5. The number of nitrogens with one attached hydrogen (secondary N) is 2. The summed E-state index contributed by atoms with van der Waals surface area (Å²) in [5, 5.41) is 6.47. The van der Waals surface area contributed by atoms with Crippen LogP contribution in [-0.4, -0.2) is 31.6 Å². The zero-order valence-corrected chi connectivity index (χ0v) is 13.4. The molecule has 0 fully saturated rings. The van der Waals surface area contributed by atoms with Gasteiger partial charge in [0.05, 0.1) is 18.6 Å². The summed E-state index contributed by atoms with van der Waals surface area (Å²) in [6.07, 6.45) is 3.19. The molecular formula is C16H20ClN3O2. The predicted molar refractivity (Wildman–Crippen MR) is 86.8 cm³/mol. The Kier molecular flexibility index (Phi) is 5.86. The second-order valence-electron chi connectivity index (χ2n) is 5.32. The Bertz CT molecular complexity index is 582. The van der Waals surface area contributed by atoms with E-state index in [9.17, 15) is 4.79 Å². The van der Waals surface area contributed by atoms with E-state index in [-0.39, 0.29) is 12.1 Å². The second-order valence-corrected chi connectivity index (χ2v) is 5.76. The smallest absolute Gasteiger partial charge is 0.315 e. The molecule has 0 aliphatic heterocycles. The Morgan fingerprint density at radius 3 is 2.59 bits per heavy atom. The number of carbonyl (C=O) groups is 1. The third kappa shape index (κ3) is 5.09. The molecule has 6 heteroatoms. The number of likely N-dealkylation sites (N-methyl/N-ethyl adjacent to an activating group) is 1. The van der Waals surface area contributed by atoms with E-state index in [1.807, 2.05) is 49.3 Å². The Balaban J connectivity index is 1.96. The van der Waals surface area contributed by atoms with Gasteiger partial charge in [0, 0.05) is 23.7 Å². The van der Waals surface area contributed by atoms with Crippen LogP contribution in [0.25, 0.3) is 0 Å². The Morgan fingerprint density at radius 1 is 1.27 bits per heavy atom. The summed E-state index contributed by atoms with van der Waals surface area (Å²) < 4.78 is 4.97. The first-order chi connectivity index (χ1) is 10.5. The molecule has 1 atom stereocenters.